The Morgan fingerprint density at radius 1 is 0.938 bits per heavy atom. The number of hydrogen-bond donors (Lipinski definition) is 0. The van der Waals surface area contributed by atoms with Crippen LogP contribution < -0.4 is 4.90 Å². The molecule has 2 aromatic rings. The van der Waals surface area contributed by atoms with E-state index >= 15 is 0 Å². The van der Waals surface area contributed by atoms with Crippen molar-refractivity contribution < 1.29 is 0 Å². The maximum atomic E-state index is 3.30. The number of nitrogens with zero attached hydrogens (tertiary/aromatic N) is 1. The van der Waals surface area contributed by atoms with Crippen molar-refractivity contribution in [3.05, 3.63) is 42.5 Å². The lowest BCUT2D eigenvalue weighted by molar-refractivity contribution is 0.579. The van der Waals surface area contributed by atoms with E-state index in [1.165, 1.54) is 48.8 Å². The monoisotopic (exact) mass is 210 g/mol. The summed E-state index contributed by atoms with van der Waals surface area (Å²) in [5.41, 5.74) is 1.38. The van der Waals surface area contributed by atoms with Gasteiger partial charge in [0, 0.05) is 24.2 Å². The Morgan fingerprint density at radius 2 is 1.81 bits per heavy atom. The molecule has 1 aliphatic rings. The van der Waals surface area contributed by atoms with E-state index in [1.807, 2.05) is 6.07 Å². The first-order chi connectivity index (χ1) is 7.95. The highest BCUT2D eigenvalue weighted by atomic mass is 15.1. The first-order valence-electron chi connectivity index (χ1n) is 6.09. The third kappa shape index (κ3) is 1.67. The van der Waals surface area contributed by atoms with Gasteiger partial charge in [0.15, 0.2) is 0 Å². The fourth-order valence-corrected chi connectivity index (χ4v) is 2.55. The lowest BCUT2D eigenvalue weighted by atomic mass is 10.1. The zero-order chi connectivity index (χ0) is 10.8. The van der Waals surface area contributed by atoms with Gasteiger partial charge in [0.1, 0.15) is 0 Å². The van der Waals surface area contributed by atoms with Crippen LogP contribution in [0.4, 0.5) is 5.69 Å². The molecule has 3 rings (SSSR count). The van der Waals surface area contributed by atoms with Crippen LogP contribution in [0.1, 0.15) is 19.3 Å². The van der Waals surface area contributed by atoms with Crippen molar-refractivity contribution in [2.45, 2.75) is 19.3 Å². The number of anilines is 1. The topological polar surface area (TPSA) is 3.24 Å². The van der Waals surface area contributed by atoms with Gasteiger partial charge in [0.25, 0.3) is 0 Å². The van der Waals surface area contributed by atoms with Crippen LogP contribution in [-0.2, 0) is 0 Å². The quantitative estimate of drug-likeness (QED) is 0.694. The lowest BCUT2D eigenvalue weighted by Gasteiger charge is -2.29. The molecule has 0 aromatic heterocycles. The van der Waals surface area contributed by atoms with Crippen LogP contribution in [0.15, 0.2) is 36.4 Å². The normalized spacial score (nSPS) is 16.6. The molecule has 0 spiro atoms. The molecule has 2 aromatic carbocycles. The Morgan fingerprint density at radius 3 is 2.69 bits per heavy atom. The summed E-state index contributed by atoms with van der Waals surface area (Å²) in [4.78, 5) is 2.51. The van der Waals surface area contributed by atoms with Crippen LogP contribution in [0.5, 0.6) is 0 Å². The van der Waals surface area contributed by atoms with Crippen molar-refractivity contribution in [1.82, 2.24) is 0 Å². The number of fused-ring (bicyclic) bond motifs is 1. The van der Waals surface area contributed by atoms with Crippen LogP contribution in [0, 0.1) is 6.07 Å². The van der Waals surface area contributed by atoms with Crippen molar-refractivity contribution in [1.29, 1.82) is 0 Å². The molecule has 0 unspecified atom stereocenters. The van der Waals surface area contributed by atoms with Crippen LogP contribution in [0.2, 0.25) is 0 Å². The maximum absolute atomic E-state index is 3.30. The molecule has 0 bridgehead atoms. The molecule has 0 saturated carbocycles. The standard InChI is InChI=1S/C15H16N/c1-4-11-16(12-5-1)15-10-6-8-13-7-2-3-9-14(13)15/h2-3,6,8-10H,1,4-5,11-12H2. The van der Waals surface area contributed by atoms with Gasteiger partial charge in [-0.05, 0) is 36.8 Å². The molecule has 81 valence electrons. The molecule has 1 fully saturated rings. The Balaban J connectivity index is 2.08. The minimum atomic E-state index is 1.20. The third-order valence-electron chi connectivity index (χ3n) is 3.38. The predicted octanol–water partition coefficient (Wildman–Crippen LogP) is 3.63. The summed E-state index contributed by atoms with van der Waals surface area (Å²) >= 11 is 0. The Bertz CT molecular complexity index is 478. The maximum Gasteiger partial charge on any atom is 0.0446 e. The van der Waals surface area contributed by atoms with Gasteiger partial charge in [-0.15, -0.1) is 0 Å². The van der Waals surface area contributed by atoms with E-state index in [0.29, 0.717) is 0 Å². The van der Waals surface area contributed by atoms with Crippen LogP contribution in [0.3, 0.4) is 0 Å². The predicted molar refractivity (Wildman–Crippen MR) is 68.8 cm³/mol. The molecule has 1 heterocycles. The van der Waals surface area contributed by atoms with Gasteiger partial charge in [0.2, 0.25) is 0 Å². The first-order valence-corrected chi connectivity index (χ1v) is 6.09. The average molecular weight is 210 g/mol. The van der Waals surface area contributed by atoms with Crippen molar-refractivity contribution in [3.63, 3.8) is 0 Å². The van der Waals surface area contributed by atoms with Crippen LogP contribution >= 0.6 is 0 Å². The van der Waals surface area contributed by atoms with Gasteiger partial charge in [-0.1, -0.05) is 30.3 Å². The molecule has 1 nitrogen and oxygen atoms in total. The fourth-order valence-electron chi connectivity index (χ4n) is 2.55. The molecular weight excluding hydrogens is 194 g/mol. The number of hydrogen-bond acceptors (Lipinski definition) is 1. The SMILES string of the molecule is [c]1cccc2c(N3CCCCC3)cccc12. The van der Waals surface area contributed by atoms with Crippen LogP contribution in [0.25, 0.3) is 10.8 Å². The van der Waals surface area contributed by atoms with E-state index in [2.05, 4.69) is 41.3 Å². The summed E-state index contributed by atoms with van der Waals surface area (Å²) in [5, 5.41) is 2.57. The van der Waals surface area contributed by atoms with Gasteiger partial charge in [0.05, 0.1) is 0 Å². The molecular formula is C15H16N. The Kier molecular flexibility index (Phi) is 2.53. The minimum Gasteiger partial charge on any atom is -0.371 e. The molecule has 1 saturated heterocycles. The second-order valence-electron chi connectivity index (χ2n) is 4.46. The molecule has 0 aliphatic carbocycles. The second kappa shape index (κ2) is 4.17. The number of piperidine rings is 1. The van der Waals surface area contributed by atoms with Crippen molar-refractivity contribution in [2.75, 3.05) is 18.0 Å². The van der Waals surface area contributed by atoms with Crippen molar-refractivity contribution in [2.24, 2.45) is 0 Å². The highest BCUT2D eigenvalue weighted by molar-refractivity contribution is 5.93. The molecule has 1 radical (unpaired) electrons. The van der Waals surface area contributed by atoms with Gasteiger partial charge < -0.3 is 4.90 Å². The van der Waals surface area contributed by atoms with Gasteiger partial charge in [-0.2, -0.15) is 0 Å². The number of benzene rings is 2. The summed E-state index contributed by atoms with van der Waals surface area (Å²) < 4.78 is 0. The zero-order valence-electron chi connectivity index (χ0n) is 9.45. The number of rotatable bonds is 1. The van der Waals surface area contributed by atoms with Crippen LogP contribution in [-0.4, -0.2) is 13.1 Å². The minimum absolute atomic E-state index is 1.20. The molecule has 0 N–H and O–H groups in total. The fraction of sp³-hybridized carbons (Fsp3) is 0.333. The Labute approximate surface area is 96.7 Å². The van der Waals surface area contributed by atoms with E-state index in [-0.39, 0.29) is 0 Å². The first kappa shape index (κ1) is 9.71. The van der Waals surface area contributed by atoms with E-state index in [9.17, 15) is 0 Å². The summed E-state index contributed by atoms with van der Waals surface area (Å²) in [6.45, 7) is 2.40. The molecule has 1 heteroatoms. The second-order valence-corrected chi connectivity index (χ2v) is 4.46. The van der Waals surface area contributed by atoms with Crippen molar-refractivity contribution >= 4 is 16.5 Å². The van der Waals surface area contributed by atoms with Crippen molar-refractivity contribution in [3.8, 4) is 0 Å². The van der Waals surface area contributed by atoms with E-state index in [4.69, 9.17) is 0 Å². The highest BCUT2D eigenvalue weighted by Gasteiger charge is 2.12. The summed E-state index contributed by atoms with van der Waals surface area (Å²) in [5.74, 6) is 0. The van der Waals surface area contributed by atoms with Gasteiger partial charge >= 0.3 is 0 Å². The smallest absolute Gasteiger partial charge is 0.0446 e. The average Bonchev–Trinajstić information content (AvgIpc) is 2.39. The molecule has 0 atom stereocenters. The molecule has 16 heavy (non-hydrogen) atoms. The summed E-state index contributed by atoms with van der Waals surface area (Å²) in [7, 11) is 0. The molecule has 1 aliphatic heterocycles. The van der Waals surface area contributed by atoms with E-state index in [1.54, 1.807) is 0 Å². The zero-order valence-corrected chi connectivity index (χ0v) is 9.45. The van der Waals surface area contributed by atoms with Gasteiger partial charge in [-0.25, -0.2) is 0 Å². The highest BCUT2D eigenvalue weighted by Crippen LogP contribution is 2.28. The van der Waals surface area contributed by atoms with Gasteiger partial charge in [-0.3, -0.25) is 0 Å². The summed E-state index contributed by atoms with van der Waals surface area (Å²) in [6, 6.07) is 16.1. The summed E-state index contributed by atoms with van der Waals surface area (Å²) in [6.07, 6.45) is 4.03. The third-order valence-corrected chi connectivity index (χ3v) is 3.38. The van der Waals surface area contributed by atoms with E-state index < -0.39 is 0 Å². The lowest BCUT2D eigenvalue weighted by Crippen LogP contribution is -2.29. The molecule has 0 amide bonds. The largest absolute Gasteiger partial charge is 0.371 e. The Hall–Kier alpha value is -1.50. The van der Waals surface area contributed by atoms with E-state index in [0.717, 1.165) is 0 Å².